The molecule has 3 aliphatic carbocycles. The lowest BCUT2D eigenvalue weighted by atomic mass is 9.51. The molecule has 2 aromatic carbocycles. The van der Waals surface area contributed by atoms with Crippen molar-refractivity contribution in [2.24, 2.45) is 29.1 Å². The van der Waals surface area contributed by atoms with E-state index in [9.17, 15) is 5.11 Å². The molecule has 188 valence electrons. The van der Waals surface area contributed by atoms with Crippen molar-refractivity contribution in [2.45, 2.75) is 84.6 Å². The maximum atomic E-state index is 10.7. The number of phenols is 1. The summed E-state index contributed by atoms with van der Waals surface area (Å²) in [5, 5.41) is 14.1. The van der Waals surface area contributed by atoms with Gasteiger partial charge in [-0.1, -0.05) is 69.2 Å². The molecule has 35 heavy (non-hydrogen) atoms. The van der Waals surface area contributed by atoms with Crippen LogP contribution in [0.5, 0.6) is 5.75 Å². The third-order valence-corrected chi connectivity index (χ3v) is 9.46. The minimum absolute atomic E-state index is 0.429. The summed E-state index contributed by atoms with van der Waals surface area (Å²) in [6.45, 7) is 6.49. The highest BCUT2D eigenvalue weighted by Gasteiger charge is 2.48. The zero-order chi connectivity index (χ0) is 24.3. The number of allylic oxidation sites excluding steroid dienone is 2. The number of rotatable bonds is 7. The molecule has 0 radical (unpaired) electrons. The summed E-state index contributed by atoms with van der Waals surface area (Å²) in [5.74, 6) is 3.73. The molecule has 0 bridgehead atoms. The maximum absolute atomic E-state index is 10.7. The smallest absolute Gasteiger partial charge is 0.116 e. The van der Waals surface area contributed by atoms with Gasteiger partial charge in [0.05, 0.1) is 0 Å². The summed E-state index contributed by atoms with van der Waals surface area (Å²) in [6, 6.07) is 15.1. The first-order valence-corrected chi connectivity index (χ1v) is 14.3. The van der Waals surface area contributed by atoms with Gasteiger partial charge in [-0.15, -0.1) is 0 Å². The van der Waals surface area contributed by atoms with Crippen LogP contribution in [-0.4, -0.2) is 11.7 Å². The molecule has 0 aromatic heterocycles. The van der Waals surface area contributed by atoms with Gasteiger partial charge < -0.3 is 10.4 Å². The highest BCUT2D eigenvalue weighted by atomic mass is 16.3. The minimum atomic E-state index is 0.429. The van der Waals surface area contributed by atoms with Gasteiger partial charge >= 0.3 is 0 Å². The average Bonchev–Trinajstić information content (AvgIpc) is 2.84. The maximum Gasteiger partial charge on any atom is 0.116 e. The Kier molecular flexibility index (Phi) is 7.68. The fraction of sp³-hybridized carbons (Fsp3) is 0.576. The topological polar surface area (TPSA) is 32.3 Å². The molecule has 2 aromatic rings. The molecule has 2 saturated carbocycles. The summed E-state index contributed by atoms with van der Waals surface area (Å²) in [6.07, 6.45) is 18.2. The van der Waals surface area contributed by atoms with Gasteiger partial charge in [0.25, 0.3) is 0 Å². The number of phenolic OH excluding ortho intramolecular Hbond substituents is 1. The lowest BCUT2D eigenvalue weighted by Crippen LogP contribution is -2.45. The summed E-state index contributed by atoms with van der Waals surface area (Å²) in [7, 11) is 0. The van der Waals surface area contributed by atoms with E-state index in [0.29, 0.717) is 11.2 Å². The van der Waals surface area contributed by atoms with E-state index < -0.39 is 0 Å². The molecular weight excluding hydrogens is 426 g/mol. The SMILES string of the molecule is CCNCc1ccccc1Cc1cc(O)cc(C[C@H]2CCC[C@H]3[C@H]2CCC[C@]32C=CC[C@H](C)C2)c1. The molecule has 2 N–H and O–H groups in total. The van der Waals surface area contributed by atoms with E-state index in [0.717, 1.165) is 49.6 Å². The van der Waals surface area contributed by atoms with Crippen LogP contribution in [0.4, 0.5) is 0 Å². The molecule has 0 amide bonds. The molecule has 3 aliphatic rings. The second kappa shape index (κ2) is 10.9. The predicted octanol–water partition coefficient (Wildman–Crippen LogP) is 7.82. The van der Waals surface area contributed by atoms with Gasteiger partial charge in [0, 0.05) is 6.54 Å². The van der Waals surface area contributed by atoms with Crippen molar-refractivity contribution in [2.75, 3.05) is 6.54 Å². The van der Waals surface area contributed by atoms with E-state index in [1.807, 2.05) is 12.1 Å². The van der Waals surface area contributed by atoms with Gasteiger partial charge in [-0.05, 0) is 121 Å². The highest BCUT2D eigenvalue weighted by molar-refractivity contribution is 5.39. The van der Waals surface area contributed by atoms with E-state index in [1.165, 1.54) is 73.6 Å². The molecule has 2 nitrogen and oxygen atoms in total. The second-order valence-electron chi connectivity index (χ2n) is 12.0. The Bertz CT molecular complexity index is 1030. The first-order valence-electron chi connectivity index (χ1n) is 14.3. The fourth-order valence-corrected chi connectivity index (χ4v) is 8.06. The lowest BCUT2D eigenvalue weighted by Gasteiger charge is -2.54. The van der Waals surface area contributed by atoms with E-state index in [1.54, 1.807) is 0 Å². The first-order chi connectivity index (χ1) is 17.1. The Morgan fingerprint density at radius 3 is 2.66 bits per heavy atom. The van der Waals surface area contributed by atoms with Gasteiger partial charge in [-0.25, -0.2) is 0 Å². The molecule has 2 fully saturated rings. The number of nitrogens with one attached hydrogen (secondary N) is 1. The van der Waals surface area contributed by atoms with Crippen molar-refractivity contribution < 1.29 is 5.11 Å². The van der Waals surface area contributed by atoms with Crippen LogP contribution in [0.25, 0.3) is 0 Å². The van der Waals surface area contributed by atoms with E-state index in [4.69, 9.17) is 0 Å². The Balaban J connectivity index is 1.34. The average molecular weight is 472 g/mol. The van der Waals surface area contributed by atoms with Crippen LogP contribution in [0.2, 0.25) is 0 Å². The van der Waals surface area contributed by atoms with Gasteiger partial charge in [0.2, 0.25) is 0 Å². The molecular formula is C33H45NO. The summed E-state index contributed by atoms with van der Waals surface area (Å²) >= 11 is 0. The predicted molar refractivity (Wildman–Crippen MR) is 147 cm³/mol. The highest BCUT2D eigenvalue weighted by Crippen LogP contribution is 2.57. The number of fused-ring (bicyclic) bond motifs is 2. The van der Waals surface area contributed by atoms with Crippen LogP contribution >= 0.6 is 0 Å². The molecule has 2 heteroatoms. The van der Waals surface area contributed by atoms with Crippen LogP contribution in [0.1, 0.15) is 87.5 Å². The van der Waals surface area contributed by atoms with Crippen LogP contribution in [0.3, 0.4) is 0 Å². The summed E-state index contributed by atoms with van der Waals surface area (Å²) in [5.41, 5.74) is 5.76. The molecule has 0 aliphatic heterocycles. The quantitative estimate of drug-likeness (QED) is 0.403. The molecule has 1 spiro atoms. The normalized spacial score (nSPS) is 30.3. The zero-order valence-corrected chi connectivity index (χ0v) is 21.9. The summed E-state index contributed by atoms with van der Waals surface area (Å²) in [4.78, 5) is 0. The van der Waals surface area contributed by atoms with E-state index in [2.05, 4.69) is 61.6 Å². The van der Waals surface area contributed by atoms with Crippen LogP contribution < -0.4 is 5.32 Å². The van der Waals surface area contributed by atoms with Crippen molar-refractivity contribution in [3.63, 3.8) is 0 Å². The number of hydrogen-bond donors (Lipinski definition) is 2. The van der Waals surface area contributed by atoms with Crippen molar-refractivity contribution in [1.29, 1.82) is 0 Å². The van der Waals surface area contributed by atoms with E-state index in [-0.39, 0.29) is 0 Å². The monoisotopic (exact) mass is 471 g/mol. The Morgan fingerprint density at radius 2 is 1.83 bits per heavy atom. The minimum Gasteiger partial charge on any atom is -0.508 e. The Hall–Kier alpha value is -2.06. The number of benzene rings is 2. The lowest BCUT2D eigenvalue weighted by molar-refractivity contribution is -0.00558. The van der Waals surface area contributed by atoms with Gasteiger partial charge in [0.1, 0.15) is 5.75 Å². The zero-order valence-electron chi connectivity index (χ0n) is 21.9. The van der Waals surface area contributed by atoms with Crippen molar-refractivity contribution >= 4 is 0 Å². The van der Waals surface area contributed by atoms with Gasteiger partial charge in [0.15, 0.2) is 0 Å². The van der Waals surface area contributed by atoms with Crippen LogP contribution in [0.15, 0.2) is 54.6 Å². The third-order valence-electron chi connectivity index (χ3n) is 9.46. The molecule has 0 unspecified atom stereocenters. The van der Waals surface area contributed by atoms with Crippen molar-refractivity contribution in [1.82, 2.24) is 5.32 Å². The van der Waals surface area contributed by atoms with Gasteiger partial charge in [-0.2, -0.15) is 0 Å². The van der Waals surface area contributed by atoms with Crippen molar-refractivity contribution in [3.05, 3.63) is 76.9 Å². The molecule has 0 saturated heterocycles. The Labute approximate surface area is 213 Å². The van der Waals surface area contributed by atoms with Gasteiger partial charge in [-0.3, -0.25) is 0 Å². The third kappa shape index (κ3) is 5.53. The largest absolute Gasteiger partial charge is 0.508 e. The standard InChI is InChI=1S/C33H45NO/c1-3-34-23-29-11-5-4-10-27(29)18-25-17-26(21-30(35)20-25)19-28-12-6-14-32-31(28)13-8-16-33(32)15-7-9-24(2)22-33/h4-5,7,10-11,15,17,20-21,24,28,31-32,34-35H,3,6,8-9,12-14,16,18-19,22-23H2,1-2H3/t24-,28+,31-,32-,33-/m0/s1. The Morgan fingerprint density at radius 1 is 1.00 bits per heavy atom. The van der Waals surface area contributed by atoms with Crippen LogP contribution in [-0.2, 0) is 19.4 Å². The molecule has 0 heterocycles. The van der Waals surface area contributed by atoms with Crippen LogP contribution in [0, 0.1) is 29.1 Å². The van der Waals surface area contributed by atoms with Crippen molar-refractivity contribution in [3.8, 4) is 5.75 Å². The first kappa shape index (κ1) is 24.6. The molecule has 5 atom stereocenters. The number of hydrogen-bond acceptors (Lipinski definition) is 2. The fourth-order valence-electron chi connectivity index (χ4n) is 8.06. The molecule has 5 rings (SSSR count). The number of aromatic hydroxyl groups is 1. The second-order valence-corrected chi connectivity index (χ2v) is 12.0. The van der Waals surface area contributed by atoms with E-state index >= 15 is 0 Å². The summed E-state index contributed by atoms with van der Waals surface area (Å²) < 4.78 is 0.